The zero-order valence-corrected chi connectivity index (χ0v) is 13.9. The maximum Gasteiger partial charge on any atom is 0.321 e. The summed E-state index contributed by atoms with van der Waals surface area (Å²) >= 11 is 1.47. The Labute approximate surface area is 134 Å². The van der Waals surface area contributed by atoms with Crippen LogP contribution in [0, 0.1) is 0 Å². The molecule has 2 heterocycles. The summed E-state index contributed by atoms with van der Waals surface area (Å²) in [6.07, 6.45) is 2.88. The third-order valence-corrected chi connectivity index (χ3v) is 4.80. The standard InChI is InChI=1S/C14H23N5O2S/c1-9-7-19(8-10(2)21-9)6-5-15-13(20)16-14-18-17-12(22-14)11-3-4-11/h9-11H,3-8H2,1-2H3,(H2,15,16,18,20)/t9-,10-/m0/s1. The number of carbonyl (C=O) groups is 1. The summed E-state index contributed by atoms with van der Waals surface area (Å²) in [5, 5.41) is 15.3. The van der Waals surface area contributed by atoms with Gasteiger partial charge in [-0.2, -0.15) is 0 Å². The molecule has 0 unspecified atom stereocenters. The first-order chi connectivity index (χ1) is 10.6. The Morgan fingerprint density at radius 3 is 2.73 bits per heavy atom. The van der Waals surface area contributed by atoms with Crippen LogP contribution in [-0.4, -0.2) is 59.5 Å². The van der Waals surface area contributed by atoms with Gasteiger partial charge in [-0.25, -0.2) is 4.79 Å². The molecule has 122 valence electrons. The molecule has 8 heteroatoms. The van der Waals surface area contributed by atoms with E-state index in [-0.39, 0.29) is 18.2 Å². The van der Waals surface area contributed by atoms with Crippen molar-refractivity contribution in [2.24, 2.45) is 0 Å². The number of hydrogen-bond donors (Lipinski definition) is 2. The van der Waals surface area contributed by atoms with E-state index in [2.05, 4.69) is 39.6 Å². The van der Waals surface area contributed by atoms with Crippen LogP contribution in [0.1, 0.15) is 37.6 Å². The lowest BCUT2D eigenvalue weighted by Crippen LogP contribution is -2.48. The first-order valence-corrected chi connectivity index (χ1v) is 8.68. The predicted octanol–water partition coefficient (Wildman–Crippen LogP) is 1.65. The normalized spacial score (nSPS) is 25.9. The van der Waals surface area contributed by atoms with Crippen molar-refractivity contribution < 1.29 is 9.53 Å². The highest BCUT2D eigenvalue weighted by Gasteiger charge is 2.27. The number of hydrogen-bond acceptors (Lipinski definition) is 6. The second-order valence-corrected chi connectivity index (χ2v) is 7.13. The highest BCUT2D eigenvalue weighted by Crippen LogP contribution is 2.41. The van der Waals surface area contributed by atoms with Crippen molar-refractivity contribution in [3.8, 4) is 0 Å². The van der Waals surface area contributed by atoms with Crippen molar-refractivity contribution in [3.05, 3.63) is 5.01 Å². The molecule has 2 aliphatic rings. The Morgan fingerprint density at radius 1 is 1.32 bits per heavy atom. The number of anilines is 1. The van der Waals surface area contributed by atoms with Gasteiger partial charge in [0, 0.05) is 32.1 Å². The van der Waals surface area contributed by atoms with Gasteiger partial charge in [-0.1, -0.05) is 11.3 Å². The van der Waals surface area contributed by atoms with E-state index in [1.807, 2.05) is 0 Å². The molecule has 0 radical (unpaired) electrons. The van der Waals surface area contributed by atoms with Gasteiger partial charge in [-0.3, -0.25) is 10.2 Å². The van der Waals surface area contributed by atoms with E-state index in [9.17, 15) is 4.79 Å². The van der Waals surface area contributed by atoms with Gasteiger partial charge in [0.2, 0.25) is 5.13 Å². The van der Waals surface area contributed by atoms with Crippen LogP contribution in [0.3, 0.4) is 0 Å². The van der Waals surface area contributed by atoms with E-state index in [0.29, 0.717) is 17.6 Å². The highest BCUT2D eigenvalue weighted by atomic mass is 32.1. The molecule has 2 amide bonds. The molecule has 2 fully saturated rings. The molecule has 1 aliphatic carbocycles. The Balaban J connectivity index is 1.36. The Hall–Kier alpha value is -1.25. The van der Waals surface area contributed by atoms with E-state index < -0.39 is 0 Å². The molecule has 7 nitrogen and oxygen atoms in total. The van der Waals surface area contributed by atoms with E-state index in [4.69, 9.17) is 4.74 Å². The minimum Gasteiger partial charge on any atom is -0.373 e. The molecule has 3 rings (SSSR count). The fourth-order valence-corrected chi connectivity index (χ4v) is 3.62. The van der Waals surface area contributed by atoms with Crippen molar-refractivity contribution in [2.45, 2.75) is 44.8 Å². The number of urea groups is 1. The van der Waals surface area contributed by atoms with Crippen molar-refractivity contribution in [3.63, 3.8) is 0 Å². The maximum atomic E-state index is 11.9. The van der Waals surface area contributed by atoms with Gasteiger partial charge in [0.15, 0.2) is 0 Å². The van der Waals surface area contributed by atoms with Crippen molar-refractivity contribution >= 4 is 22.5 Å². The fourth-order valence-electron chi connectivity index (χ4n) is 2.72. The molecule has 1 saturated heterocycles. The third-order valence-electron chi connectivity index (χ3n) is 3.80. The average Bonchev–Trinajstić information content (AvgIpc) is 3.19. The first-order valence-electron chi connectivity index (χ1n) is 7.86. The molecule has 1 saturated carbocycles. The van der Waals surface area contributed by atoms with Crippen LogP contribution in [-0.2, 0) is 4.74 Å². The first kappa shape index (κ1) is 15.6. The van der Waals surface area contributed by atoms with E-state index in [1.165, 1.54) is 24.2 Å². The van der Waals surface area contributed by atoms with Crippen LogP contribution in [0.5, 0.6) is 0 Å². The Morgan fingerprint density at radius 2 is 2.05 bits per heavy atom. The number of amides is 2. The molecule has 1 aromatic heterocycles. The van der Waals surface area contributed by atoms with Crippen LogP contribution < -0.4 is 10.6 Å². The second kappa shape index (κ2) is 6.89. The van der Waals surface area contributed by atoms with Crippen LogP contribution in [0.15, 0.2) is 0 Å². The number of ether oxygens (including phenoxy) is 1. The number of nitrogens with one attached hydrogen (secondary N) is 2. The van der Waals surface area contributed by atoms with E-state index in [0.717, 1.165) is 24.6 Å². The number of carbonyl (C=O) groups excluding carboxylic acids is 1. The van der Waals surface area contributed by atoms with Crippen LogP contribution in [0.4, 0.5) is 9.93 Å². The quantitative estimate of drug-likeness (QED) is 0.860. The van der Waals surface area contributed by atoms with Crippen LogP contribution >= 0.6 is 11.3 Å². The molecule has 2 N–H and O–H groups in total. The lowest BCUT2D eigenvalue weighted by Gasteiger charge is -2.35. The molecule has 1 aliphatic heterocycles. The van der Waals surface area contributed by atoms with Crippen molar-refractivity contribution in [1.82, 2.24) is 20.4 Å². The topological polar surface area (TPSA) is 79.4 Å². The molecular formula is C14H23N5O2S. The fraction of sp³-hybridized carbons (Fsp3) is 0.786. The van der Waals surface area contributed by atoms with Gasteiger partial charge >= 0.3 is 6.03 Å². The molecule has 22 heavy (non-hydrogen) atoms. The third kappa shape index (κ3) is 4.37. The number of morpholine rings is 1. The van der Waals surface area contributed by atoms with Crippen molar-refractivity contribution in [1.29, 1.82) is 0 Å². The average molecular weight is 325 g/mol. The molecular weight excluding hydrogens is 302 g/mol. The summed E-state index contributed by atoms with van der Waals surface area (Å²) in [7, 11) is 0. The van der Waals surface area contributed by atoms with Gasteiger partial charge in [0.25, 0.3) is 0 Å². The number of aromatic nitrogens is 2. The molecule has 2 atom stereocenters. The molecule has 1 aromatic rings. The molecule has 0 aromatic carbocycles. The summed E-state index contributed by atoms with van der Waals surface area (Å²) in [4.78, 5) is 14.2. The van der Waals surface area contributed by atoms with Crippen molar-refractivity contribution in [2.75, 3.05) is 31.5 Å². The lowest BCUT2D eigenvalue weighted by molar-refractivity contribution is -0.0672. The second-order valence-electron chi connectivity index (χ2n) is 6.12. The minimum atomic E-state index is -0.215. The summed E-state index contributed by atoms with van der Waals surface area (Å²) in [6, 6.07) is -0.215. The van der Waals surface area contributed by atoms with Gasteiger partial charge in [0.05, 0.1) is 12.2 Å². The Kier molecular flexibility index (Phi) is 4.90. The number of rotatable bonds is 5. The summed E-state index contributed by atoms with van der Waals surface area (Å²) in [6.45, 7) is 7.42. The van der Waals surface area contributed by atoms with Gasteiger partial charge in [-0.05, 0) is 26.7 Å². The monoisotopic (exact) mass is 325 g/mol. The summed E-state index contributed by atoms with van der Waals surface area (Å²) < 4.78 is 5.69. The van der Waals surface area contributed by atoms with Crippen LogP contribution in [0.2, 0.25) is 0 Å². The molecule has 0 bridgehead atoms. The van der Waals surface area contributed by atoms with Gasteiger partial charge in [0.1, 0.15) is 5.01 Å². The zero-order valence-electron chi connectivity index (χ0n) is 13.0. The predicted molar refractivity (Wildman–Crippen MR) is 85.4 cm³/mol. The Bertz CT molecular complexity index is 509. The minimum absolute atomic E-state index is 0.215. The molecule has 0 spiro atoms. The van der Waals surface area contributed by atoms with Gasteiger partial charge < -0.3 is 10.1 Å². The smallest absolute Gasteiger partial charge is 0.321 e. The largest absolute Gasteiger partial charge is 0.373 e. The van der Waals surface area contributed by atoms with E-state index >= 15 is 0 Å². The highest BCUT2D eigenvalue weighted by molar-refractivity contribution is 7.15. The number of nitrogens with zero attached hydrogens (tertiary/aromatic N) is 3. The van der Waals surface area contributed by atoms with Crippen LogP contribution in [0.25, 0.3) is 0 Å². The summed E-state index contributed by atoms with van der Waals surface area (Å²) in [5.41, 5.74) is 0. The zero-order chi connectivity index (χ0) is 15.5. The van der Waals surface area contributed by atoms with Gasteiger partial charge in [-0.15, -0.1) is 10.2 Å². The van der Waals surface area contributed by atoms with E-state index in [1.54, 1.807) is 0 Å². The maximum absolute atomic E-state index is 11.9. The SMILES string of the molecule is C[C@H]1CN(CCNC(=O)Nc2nnc(C3CC3)s2)C[C@H](C)O1. The summed E-state index contributed by atoms with van der Waals surface area (Å²) in [5.74, 6) is 0.571. The lowest BCUT2D eigenvalue weighted by atomic mass is 10.2.